The number of benzene rings is 2. The summed E-state index contributed by atoms with van der Waals surface area (Å²) in [5.74, 6) is 2.28. The topological polar surface area (TPSA) is 62.1 Å². The molecule has 2 aromatic rings. The third-order valence-electron chi connectivity index (χ3n) is 2.98. The zero-order valence-electron chi connectivity index (χ0n) is 12.6. The highest BCUT2D eigenvalue weighted by molar-refractivity contribution is 6.30. The lowest BCUT2D eigenvalue weighted by molar-refractivity contribution is -0.112. The van der Waals surface area contributed by atoms with Crippen molar-refractivity contribution in [2.45, 2.75) is 0 Å². The van der Waals surface area contributed by atoms with Crippen LogP contribution in [0.3, 0.4) is 0 Å². The SMILES string of the molecule is C#CCOc1ccc(Cl)cc1/C=C(\C#N)C(=O)Nc1ccccc1. The van der Waals surface area contributed by atoms with Gasteiger partial charge in [0, 0.05) is 16.3 Å². The normalized spacial score (nSPS) is 10.4. The largest absolute Gasteiger partial charge is 0.480 e. The Labute approximate surface area is 145 Å². The number of amides is 1. The van der Waals surface area contributed by atoms with Crippen LogP contribution in [0, 0.1) is 23.7 Å². The van der Waals surface area contributed by atoms with Crippen LogP contribution in [0.4, 0.5) is 5.69 Å². The van der Waals surface area contributed by atoms with Crippen LogP contribution < -0.4 is 10.1 Å². The van der Waals surface area contributed by atoms with Crippen molar-refractivity contribution in [3.8, 4) is 24.2 Å². The summed E-state index contributed by atoms with van der Waals surface area (Å²) in [6, 6.07) is 15.6. The maximum atomic E-state index is 12.3. The molecule has 2 rings (SSSR count). The Morgan fingerprint density at radius 1 is 1.29 bits per heavy atom. The van der Waals surface area contributed by atoms with Gasteiger partial charge in [0.1, 0.15) is 24.0 Å². The molecular weight excluding hydrogens is 324 g/mol. The Balaban J connectivity index is 2.30. The third kappa shape index (κ3) is 4.64. The molecule has 0 aliphatic carbocycles. The molecule has 1 amide bonds. The number of hydrogen-bond acceptors (Lipinski definition) is 3. The Morgan fingerprint density at radius 3 is 2.71 bits per heavy atom. The van der Waals surface area contributed by atoms with E-state index in [1.54, 1.807) is 42.5 Å². The lowest BCUT2D eigenvalue weighted by atomic mass is 10.1. The second-order valence-electron chi connectivity index (χ2n) is 4.66. The summed E-state index contributed by atoms with van der Waals surface area (Å²) in [4.78, 5) is 12.3. The molecule has 0 aromatic heterocycles. The highest BCUT2D eigenvalue weighted by Crippen LogP contribution is 2.25. The van der Waals surface area contributed by atoms with Crippen molar-refractivity contribution in [3.05, 3.63) is 64.7 Å². The fourth-order valence-electron chi connectivity index (χ4n) is 1.91. The number of anilines is 1. The van der Waals surface area contributed by atoms with Crippen molar-refractivity contribution < 1.29 is 9.53 Å². The second kappa shape index (κ2) is 8.43. The number of ether oxygens (including phenoxy) is 1. The van der Waals surface area contributed by atoms with Gasteiger partial charge in [0.25, 0.3) is 5.91 Å². The second-order valence-corrected chi connectivity index (χ2v) is 5.10. The number of nitrogens with one attached hydrogen (secondary N) is 1. The van der Waals surface area contributed by atoms with E-state index in [1.165, 1.54) is 6.08 Å². The van der Waals surface area contributed by atoms with Crippen molar-refractivity contribution in [2.24, 2.45) is 0 Å². The molecule has 0 aliphatic heterocycles. The van der Waals surface area contributed by atoms with Gasteiger partial charge in [-0.25, -0.2) is 0 Å². The zero-order chi connectivity index (χ0) is 17.4. The molecule has 0 aliphatic rings. The van der Waals surface area contributed by atoms with Crippen molar-refractivity contribution in [3.63, 3.8) is 0 Å². The quantitative estimate of drug-likeness (QED) is 0.511. The van der Waals surface area contributed by atoms with Gasteiger partial charge in [0.2, 0.25) is 0 Å². The number of hydrogen-bond donors (Lipinski definition) is 1. The highest BCUT2D eigenvalue weighted by atomic mass is 35.5. The van der Waals surface area contributed by atoms with Gasteiger partial charge < -0.3 is 10.1 Å². The standard InChI is InChI=1S/C19H13ClN2O2/c1-2-10-24-18-9-8-16(20)12-14(18)11-15(13-21)19(23)22-17-6-4-3-5-7-17/h1,3-9,11-12H,10H2,(H,22,23)/b15-11+. The molecule has 0 fully saturated rings. The Kier molecular flexibility index (Phi) is 6.02. The van der Waals surface area contributed by atoms with Crippen LogP contribution in [0.2, 0.25) is 5.02 Å². The molecule has 118 valence electrons. The van der Waals surface area contributed by atoms with E-state index < -0.39 is 5.91 Å². The molecule has 0 saturated heterocycles. The first-order valence-corrected chi connectivity index (χ1v) is 7.36. The lowest BCUT2D eigenvalue weighted by Crippen LogP contribution is -2.13. The molecule has 0 radical (unpaired) electrons. The van der Waals surface area contributed by atoms with Crippen LogP contribution >= 0.6 is 11.6 Å². The van der Waals surface area contributed by atoms with Gasteiger partial charge >= 0.3 is 0 Å². The van der Waals surface area contributed by atoms with Gasteiger partial charge in [-0.15, -0.1) is 6.42 Å². The molecule has 1 N–H and O–H groups in total. The molecule has 24 heavy (non-hydrogen) atoms. The highest BCUT2D eigenvalue weighted by Gasteiger charge is 2.11. The third-order valence-corrected chi connectivity index (χ3v) is 3.21. The summed E-state index contributed by atoms with van der Waals surface area (Å²) in [6.45, 7) is 0.0700. The van der Waals surface area contributed by atoms with Crippen molar-refractivity contribution in [1.29, 1.82) is 5.26 Å². The summed E-state index contributed by atoms with van der Waals surface area (Å²) in [7, 11) is 0. The first kappa shape index (κ1) is 17.1. The van der Waals surface area contributed by atoms with Crippen LogP contribution in [0.5, 0.6) is 5.75 Å². The van der Waals surface area contributed by atoms with Gasteiger partial charge in [0.05, 0.1) is 0 Å². The number of nitrogens with zero attached hydrogens (tertiary/aromatic N) is 1. The van der Waals surface area contributed by atoms with Crippen molar-refractivity contribution in [2.75, 3.05) is 11.9 Å². The van der Waals surface area contributed by atoms with Gasteiger partial charge in [-0.2, -0.15) is 5.26 Å². The van der Waals surface area contributed by atoms with E-state index in [0.717, 1.165) is 0 Å². The van der Waals surface area contributed by atoms with E-state index in [2.05, 4.69) is 11.2 Å². The number of carbonyl (C=O) groups is 1. The van der Waals surface area contributed by atoms with E-state index in [-0.39, 0.29) is 12.2 Å². The van der Waals surface area contributed by atoms with Crippen LogP contribution in [-0.4, -0.2) is 12.5 Å². The van der Waals surface area contributed by atoms with E-state index in [0.29, 0.717) is 22.0 Å². The molecule has 5 heteroatoms. The average molecular weight is 337 g/mol. The zero-order valence-corrected chi connectivity index (χ0v) is 13.4. The molecule has 2 aromatic carbocycles. The number of para-hydroxylation sites is 1. The van der Waals surface area contributed by atoms with Crippen LogP contribution in [0.25, 0.3) is 6.08 Å². The molecule has 0 heterocycles. The van der Waals surface area contributed by atoms with Gasteiger partial charge in [-0.1, -0.05) is 35.7 Å². The summed E-state index contributed by atoms with van der Waals surface area (Å²) in [5.41, 5.74) is 1.02. The minimum absolute atomic E-state index is 0.0700. The van der Waals surface area contributed by atoms with Gasteiger partial charge in [-0.05, 0) is 36.4 Å². The van der Waals surface area contributed by atoms with Gasteiger partial charge in [0.15, 0.2) is 0 Å². The first-order chi connectivity index (χ1) is 11.6. The fourth-order valence-corrected chi connectivity index (χ4v) is 2.09. The Morgan fingerprint density at radius 2 is 2.04 bits per heavy atom. The van der Waals surface area contributed by atoms with E-state index in [1.807, 2.05) is 12.1 Å². The predicted octanol–water partition coefficient (Wildman–Crippen LogP) is 3.90. The summed E-state index contributed by atoms with van der Waals surface area (Å²) >= 11 is 5.98. The van der Waals surface area contributed by atoms with E-state index >= 15 is 0 Å². The summed E-state index contributed by atoms with van der Waals surface area (Å²) < 4.78 is 5.40. The van der Waals surface area contributed by atoms with Gasteiger partial charge in [-0.3, -0.25) is 4.79 Å². The molecule has 0 spiro atoms. The fraction of sp³-hybridized carbons (Fsp3) is 0.0526. The number of nitriles is 1. The van der Waals surface area contributed by atoms with Crippen LogP contribution in [0.15, 0.2) is 54.1 Å². The minimum atomic E-state index is -0.522. The van der Waals surface area contributed by atoms with E-state index in [9.17, 15) is 10.1 Å². The van der Waals surface area contributed by atoms with Crippen molar-refractivity contribution >= 4 is 29.3 Å². The molecule has 0 saturated carbocycles. The Hall–Kier alpha value is -3.21. The average Bonchev–Trinajstić information content (AvgIpc) is 2.59. The number of terminal acetylenes is 1. The van der Waals surface area contributed by atoms with E-state index in [4.69, 9.17) is 22.8 Å². The number of halogens is 1. The monoisotopic (exact) mass is 336 g/mol. The molecule has 0 bridgehead atoms. The minimum Gasteiger partial charge on any atom is -0.480 e. The Bertz CT molecular complexity index is 846. The molecule has 0 unspecified atom stereocenters. The van der Waals surface area contributed by atoms with Crippen LogP contribution in [0.1, 0.15) is 5.56 Å². The van der Waals surface area contributed by atoms with Crippen molar-refractivity contribution in [1.82, 2.24) is 0 Å². The smallest absolute Gasteiger partial charge is 0.266 e. The molecule has 4 nitrogen and oxygen atoms in total. The summed E-state index contributed by atoms with van der Waals surface area (Å²) in [6.07, 6.45) is 6.60. The molecular formula is C19H13ClN2O2. The number of carbonyl (C=O) groups excluding carboxylic acids is 1. The van der Waals surface area contributed by atoms with Crippen LogP contribution in [-0.2, 0) is 4.79 Å². The molecule has 0 atom stereocenters. The summed E-state index contributed by atoms with van der Waals surface area (Å²) in [5, 5.41) is 12.4. The number of rotatable bonds is 5. The lowest BCUT2D eigenvalue weighted by Gasteiger charge is -2.08. The first-order valence-electron chi connectivity index (χ1n) is 6.98. The maximum Gasteiger partial charge on any atom is 0.266 e. The maximum absolute atomic E-state index is 12.3. The predicted molar refractivity (Wildman–Crippen MR) is 94.4 cm³/mol.